The molecule has 0 aliphatic heterocycles. The molecule has 2 aromatic rings. The van der Waals surface area contributed by atoms with Crippen molar-refractivity contribution >= 4 is 17.1 Å². The molecule has 21 heavy (non-hydrogen) atoms. The lowest BCUT2D eigenvalue weighted by Gasteiger charge is -2.11. The molecule has 0 unspecified atom stereocenters. The number of nitrogens with two attached hydrogens (primary N) is 1. The van der Waals surface area contributed by atoms with Crippen LogP contribution in [0.2, 0.25) is 0 Å². The highest BCUT2D eigenvalue weighted by molar-refractivity contribution is 5.74. The van der Waals surface area contributed by atoms with Crippen molar-refractivity contribution < 1.29 is 4.79 Å². The summed E-state index contributed by atoms with van der Waals surface area (Å²) in [5.74, 6) is -0.563. The van der Waals surface area contributed by atoms with Gasteiger partial charge in [0.1, 0.15) is 5.69 Å². The molecule has 2 rings (SSSR count). The maximum absolute atomic E-state index is 12.2. The second-order valence-electron chi connectivity index (χ2n) is 4.77. The maximum Gasteiger partial charge on any atom is 0.332 e. The molecule has 0 atom stereocenters. The van der Waals surface area contributed by atoms with E-state index >= 15 is 0 Å². The predicted molar refractivity (Wildman–Crippen MR) is 75.0 cm³/mol. The minimum absolute atomic E-state index is 0.00108. The van der Waals surface area contributed by atoms with Crippen LogP contribution in [0.5, 0.6) is 0 Å². The molecule has 0 fully saturated rings. The molecular formula is C12H15N5O4. The fourth-order valence-electron chi connectivity index (χ4n) is 2.17. The lowest BCUT2D eigenvalue weighted by atomic mass is 10.2. The van der Waals surface area contributed by atoms with Crippen LogP contribution in [-0.4, -0.2) is 24.6 Å². The highest BCUT2D eigenvalue weighted by Crippen LogP contribution is 2.03. The van der Waals surface area contributed by atoms with Crippen LogP contribution in [0.3, 0.4) is 0 Å². The van der Waals surface area contributed by atoms with Gasteiger partial charge in [-0.3, -0.25) is 28.1 Å². The molecule has 0 saturated heterocycles. The molecule has 0 radical (unpaired) electrons. The van der Waals surface area contributed by atoms with Crippen molar-refractivity contribution in [3.63, 3.8) is 0 Å². The lowest BCUT2D eigenvalue weighted by molar-refractivity contribution is -0.118. The van der Waals surface area contributed by atoms with E-state index in [2.05, 4.69) is 4.98 Å². The Morgan fingerprint density at radius 2 is 1.67 bits per heavy atom. The lowest BCUT2D eigenvalue weighted by Crippen LogP contribution is -2.40. The Morgan fingerprint density at radius 1 is 1.05 bits per heavy atom. The quantitative estimate of drug-likeness (QED) is 0.685. The summed E-state index contributed by atoms with van der Waals surface area (Å²) in [5, 5.41) is 0. The van der Waals surface area contributed by atoms with Crippen LogP contribution in [-0.2, 0) is 32.4 Å². The summed E-state index contributed by atoms with van der Waals surface area (Å²) in [5.41, 5.74) is 3.65. The molecule has 0 aromatic carbocycles. The van der Waals surface area contributed by atoms with Crippen molar-refractivity contribution in [1.29, 1.82) is 0 Å². The van der Waals surface area contributed by atoms with Crippen LogP contribution in [0.15, 0.2) is 14.4 Å². The number of carbonyl (C=O) groups is 1. The second-order valence-corrected chi connectivity index (χ2v) is 4.77. The Hall–Kier alpha value is -2.71. The number of amides is 1. The van der Waals surface area contributed by atoms with E-state index in [1.165, 1.54) is 30.3 Å². The van der Waals surface area contributed by atoms with Crippen molar-refractivity contribution in [2.75, 3.05) is 0 Å². The summed E-state index contributed by atoms with van der Waals surface area (Å²) in [6, 6.07) is 0. The topological polar surface area (TPSA) is 122 Å². The number of rotatable bonds is 3. The van der Waals surface area contributed by atoms with Gasteiger partial charge in [0.15, 0.2) is 11.2 Å². The molecule has 0 bridgehead atoms. The molecule has 2 heterocycles. The summed E-state index contributed by atoms with van der Waals surface area (Å²) in [7, 11) is 4.23. The molecule has 0 saturated carbocycles. The van der Waals surface area contributed by atoms with Crippen molar-refractivity contribution in [2.45, 2.75) is 12.8 Å². The highest BCUT2D eigenvalue weighted by Gasteiger charge is 2.16. The summed E-state index contributed by atoms with van der Waals surface area (Å²) < 4.78 is 3.28. The zero-order valence-electron chi connectivity index (χ0n) is 11.9. The van der Waals surface area contributed by atoms with Crippen molar-refractivity contribution in [1.82, 2.24) is 18.7 Å². The molecular weight excluding hydrogens is 278 g/mol. The zero-order chi connectivity index (χ0) is 15.9. The number of fused-ring (bicyclic) bond motifs is 1. The minimum atomic E-state index is -0.593. The molecule has 9 nitrogen and oxygen atoms in total. The van der Waals surface area contributed by atoms with E-state index in [9.17, 15) is 19.2 Å². The Balaban J connectivity index is 2.89. The van der Waals surface area contributed by atoms with Crippen LogP contribution >= 0.6 is 0 Å². The third-order valence-corrected chi connectivity index (χ3v) is 3.33. The van der Waals surface area contributed by atoms with Gasteiger partial charge in [0.2, 0.25) is 5.91 Å². The van der Waals surface area contributed by atoms with E-state index in [4.69, 9.17) is 5.73 Å². The molecule has 0 aliphatic carbocycles. The number of carbonyl (C=O) groups excluding carboxylic acids is 1. The summed E-state index contributed by atoms with van der Waals surface area (Å²) in [4.78, 5) is 51.1. The summed E-state index contributed by atoms with van der Waals surface area (Å²) >= 11 is 0. The van der Waals surface area contributed by atoms with Crippen molar-refractivity contribution in [3.05, 3.63) is 36.9 Å². The third kappa shape index (κ3) is 2.26. The molecule has 0 aliphatic rings. The Kier molecular flexibility index (Phi) is 3.50. The normalized spacial score (nSPS) is 11.0. The number of hydrogen-bond acceptors (Lipinski definition) is 5. The fraction of sp³-hybridized carbons (Fsp3) is 0.417. The van der Waals surface area contributed by atoms with Crippen LogP contribution in [0.1, 0.15) is 12.1 Å². The smallest absolute Gasteiger partial charge is 0.332 e. The van der Waals surface area contributed by atoms with E-state index < -0.39 is 22.7 Å². The van der Waals surface area contributed by atoms with E-state index in [1.807, 2.05) is 0 Å². The van der Waals surface area contributed by atoms with Gasteiger partial charge in [-0.2, -0.15) is 0 Å². The Labute approximate surface area is 118 Å². The molecule has 2 N–H and O–H groups in total. The Bertz CT molecular complexity index is 918. The second kappa shape index (κ2) is 5.00. The number of nitrogens with zero attached hydrogens (tertiary/aromatic N) is 4. The number of aryl methyl sites for hydroxylation is 3. The van der Waals surface area contributed by atoms with Gasteiger partial charge in [-0.05, 0) is 0 Å². The number of hydrogen-bond donors (Lipinski definition) is 1. The van der Waals surface area contributed by atoms with Gasteiger partial charge in [0.05, 0.1) is 0 Å². The molecule has 0 spiro atoms. The predicted octanol–water partition coefficient (Wildman–Crippen LogP) is -2.25. The van der Waals surface area contributed by atoms with Gasteiger partial charge < -0.3 is 5.73 Å². The van der Waals surface area contributed by atoms with Crippen LogP contribution < -0.4 is 22.5 Å². The first-order valence-electron chi connectivity index (χ1n) is 6.19. The zero-order valence-corrected chi connectivity index (χ0v) is 11.9. The van der Waals surface area contributed by atoms with Gasteiger partial charge in [-0.15, -0.1) is 0 Å². The third-order valence-electron chi connectivity index (χ3n) is 3.33. The number of primary amides is 1. The van der Waals surface area contributed by atoms with Crippen LogP contribution in [0.4, 0.5) is 0 Å². The molecule has 9 heteroatoms. The van der Waals surface area contributed by atoms with E-state index in [1.54, 1.807) is 0 Å². The van der Waals surface area contributed by atoms with Crippen LogP contribution in [0, 0.1) is 0 Å². The van der Waals surface area contributed by atoms with Crippen molar-refractivity contribution in [3.8, 4) is 0 Å². The average molecular weight is 293 g/mol. The first kappa shape index (κ1) is 14.7. The minimum Gasteiger partial charge on any atom is -0.370 e. The fourth-order valence-corrected chi connectivity index (χ4v) is 2.17. The van der Waals surface area contributed by atoms with Crippen LogP contribution in [0.25, 0.3) is 11.2 Å². The standard InChI is InChI=1S/C12H15N5O4/c1-15-9-8(11(20)17(3)12(21)16(9)2)14-6(10(15)19)4-5-7(13)18/h4-5H2,1-3H3,(H2,13,18). The molecule has 1 amide bonds. The first-order chi connectivity index (χ1) is 9.75. The van der Waals surface area contributed by atoms with Gasteiger partial charge in [-0.1, -0.05) is 0 Å². The highest BCUT2D eigenvalue weighted by atomic mass is 16.2. The van der Waals surface area contributed by atoms with Gasteiger partial charge in [-0.25, -0.2) is 9.78 Å². The summed E-state index contributed by atoms with van der Waals surface area (Å²) in [6.45, 7) is 0. The van der Waals surface area contributed by atoms with E-state index in [0.29, 0.717) is 0 Å². The van der Waals surface area contributed by atoms with Crippen molar-refractivity contribution in [2.24, 2.45) is 26.9 Å². The largest absolute Gasteiger partial charge is 0.370 e. The average Bonchev–Trinajstić information content (AvgIpc) is 2.44. The number of aromatic nitrogens is 4. The van der Waals surface area contributed by atoms with E-state index in [-0.39, 0.29) is 29.7 Å². The SMILES string of the molecule is Cn1c(=O)c2nc(CCC(N)=O)c(=O)n(C)c2n(C)c1=O. The Morgan fingerprint density at radius 3 is 2.24 bits per heavy atom. The molecule has 2 aromatic heterocycles. The molecule has 112 valence electrons. The van der Waals surface area contributed by atoms with Gasteiger partial charge in [0, 0.05) is 34.0 Å². The maximum atomic E-state index is 12.2. The monoisotopic (exact) mass is 293 g/mol. The van der Waals surface area contributed by atoms with E-state index in [0.717, 1.165) is 4.57 Å². The van der Waals surface area contributed by atoms with Gasteiger partial charge in [0.25, 0.3) is 11.1 Å². The summed E-state index contributed by atoms with van der Waals surface area (Å²) in [6.07, 6.45) is 0.00374. The first-order valence-corrected chi connectivity index (χ1v) is 6.19. The van der Waals surface area contributed by atoms with Gasteiger partial charge >= 0.3 is 5.69 Å².